The van der Waals surface area contributed by atoms with Gasteiger partial charge in [-0.25, -0.2) is 0 Å². The van der Waals surface area contributed by atoms with Crippen LogP contribution in [0.3, 0.4) is 0 Å². The van der Waals surface area contributed by atoms with Gasteiger partial charge >= 0.3 is 29.6 Å². The maximum absolute atomic E-state index is 10.1. The molecule has 16 heavy (non-hydrogen) atoms. The van der Waals surface area contributed by atoms with Gasteiger partial charge in [-0.05, 0) is 0 Å². The van der Waals surface area contributed by atoms with Crippen LogP contribution in [0.2, 0.25) is 0 Å². The Morgan fingerprint density at radius 3 is 1.75 bits per heavy atom. The molecular weight excluding hydrogens is 323 g/mol. The van der Waals surface area contributed by atoms with Crippen molar-refractivity contribution in [3.8, 4) is 0 Å². The van der Waals surface area contributed by atoms with Crippen molar-refractivity contribution in [1.82, 2.24) is 0 Å². The zero-order chi connectivity index (χ0) is 11.6. The summed E-state index contributed by atoms with van der Waals surface area (Å²) in [5.41, 5.74) is 12.5. The molecule has 0 aromatic carbocycles. The van der Waals surface area contributed by atoms with Crippen molar-refractivity contribution in [2.24, 2.45) is 0 Å². The SMILES string of the molecule is [NH-]CC(=O)O.[NH-]CC(=O)[N-]CC(=O)[O-].[Na+].[Pd]. The fraction of sp³-hybridized carbons (Fsp3) is 0.500. The Hall–Kier alpha value is -0.00766. The normalized spacial score (nSPS) is 7.12. The predicted octanol–water partition coefficient (Wildman–Crippen LogP) is -4.19. The molecule has 0 aromatic heterocycles. The van der Waals surface area contributed by atoms with Crippen molar-refractivity contribution in [2.45, 2.75) is 0 Å². The number of nitrogens with zero attached hydrogens (tertiary/aromatic N) is 1. The number of amides is 1. The van der Waals surface area contributed by atoms with Crippen LogP contribution in [-0.4, -0.2) is 42.6 Å². The summed E-state index contributed by atoms with van der Waals surface area (Å²) in [6.07, 6.45) is 0. The Balaban J connectivity index is -0.0000000904. The van der Waals surface area contributed by atoms with E-state index in [1.165, 1.54) is 0 Å². The number of carboxylic acids is 2. The summed E-state index contributed by atoms with van der Waals surface area (Å²) in [6, 6.07) is 0. The second-order valence-electron chi connectivity index (χ2n) is 1.83. The molecule has 0 saturated heterocycles. The second-order valence-corrected chi connectivity index (χ2v) is 1.83. The van der Waals surface area contributed by atoms with Gasteiger partial charge in [0.15, 0.2) is 0 Å². The first-order valence-corrected chi connectivity index (χ1v) is 3.35. The fourth-order valence-electron chi connectivity index (χ4n) is 0.209. The van der Waals surface area contributed by atoms with Crippen LogP contribution in [0.25, 0.3) is 16.8 Å². The Morgan fingerprint density at radius 1 is 1.19 bits per heavy atom. The molecular formula is C6H9N3NaO5Pd-3. The number of carbonyl (C=O) groups is 3. The van der Waals surface area contributed by atoms with Crippen LogP contribution in [0, 0.1) is 0 Å². The van der Waals surface area contributed by atoms with E-state index in [4.69, 9.17) is 16.6 Å². The van der Waals surface area contributed by atoms with Crippen molar-refractivity contribution >= 4 is 17.8 Å². The van der Waals surface area contributed by atoms with Gasteiger partial charge in [-0.2, -0.15) is 0 Å². The molecule has 0 atom stereocenters. The number of hydrogen-bond acceptors (Lipinski definition) is 4. The molecule has 0 aliphatic rings. The summed E-state index contributed by atoms with van der Waals surface area (Å²) in [6.45, 7) is -1.68. The Kier molecular flexibility index (Phi) is 27.2. The number of carbonyl (C=O) groups excluding carboxylic acids is 2. The molecule has 0 radical (unpaired) electrons. The average Bonchev–Trinajstić information content (AvgIpc) is 2.14. The van der Waals surface area contributed by atoms with E-state index in [0.717, 1.165) is 0 Å². The molecule has 0 fully saturated rings. The van der Waals surface area contributed by atoms with E-state index >= 15 is 0 Å². The summed E-state index contributed by atoms with van der Waals surface area (Å²) in [4.78, 5) is 28.9. The largest absolute Gasteiger partial charge is 1.00 e. The molecule has 0 heterocycles. The van der Waals surface area contributed by atoms with Gasteiger partial charge < -0.3 is 36.6 Å². The number of aliphatic carboxylic acids is 2. The standard InChI is InChI=1S/C4H7N2O3.C2H4NO2.Na.Pd/c5-1-3(7)6-2-4(8)9;3-1-2(4)5;;/h5H,1-2H2,(H2,6,7,8,9);3H,1H2,(H,4,5);;/q2*-1;+1;/p-2. The third-order valence-corrected chi connectivity index (χ3v) is 0.687. The molecule has 1 amide bonds. The summed E-state index contributed by atoms with van der Waals surface area (Å²) >= 11 is 0. The van der Waals surface area contributed by atoms with E-state index in [1.54, 1.807) is 0 Å². The summed E-state index contributed by atoms with van der Waals surface area (Å²) in [7, 11) is 0. The molecule has 0 saturated carbocycles. The zero-order valence-electron chi connectivity index (χ0n) is 8.46. The summed E-state index contributed by atoms with van der Waals surface area (Å²) in [5, 5.41) is 20.1. The number of rotatable bonds is 4. The van der Waals surface area contributed by atoms with Crippen molar-refractivity contribution in [3.05, 3.63) is 16.8 Å². The molecule has 10 heteroatoms. The monoisotopic (exact) mass is 332 g/mol. The van der Waals surface area contributed by atoms with E-state index in [0.29, 0.717) is 0 Å². The van der Waals surface area contributed by atoms with Crippen LogP contribution in [0.1, 0.15) is 0 Å². The van der Waals surface area contributed by atoms with Crippen LogP contribution >= 0.6 is 0 Å². The van der Waals surface area contributed by atoms with E-state index in [9.17, 15) is 19.5 Å². The van der Waals surface area contributed by atoms with Gasteiger partial charge in [0.2, 0.25) is 0 Å². The van der Waals surface area contributed by atoms with Crippen molar-refractivity contribution in [3.63, 3.8) is 0 Å². The van der Waals surface area contributed by atoms with E-state index in [-0.39, 0.29) is 50.0 Å². The van der Waals surface area contributed by atoms with Crippen LogP contribution in [-0.2, 0) is 34.8 Å². The van der Waals surface area contributed by atoms with Crippen molar-refractivity contribution in [2.75, 3.05) is 19.6 Å². The average molecular weight is 333 g/mol. The minimum absolute atomic E-state index is 0. The van der Waals surface area contributed by atoms with Gasteiger partial charge in [-0.1, -0.05) is 13.1 Å². The summed E-state index contributed by atoms with van der Waals surface area (Å²) in [5.74, 6) is -3.22. The fourth-order valence-corrected chi connectivity index (χ4v) is 0.209. The smallest absolute Gasteiger partial charge is 0.673 e. The zero-order valence-corrected chi connectivity index (χ0v) is 12.0. The minimum atomic E-state index is -1.41. The first-order chi connectivity index (χ1) is 6.43. The number of hydrogen-bond donors (Lipinski definition) is 1. The molecule has 0 bridgehead atoms. The summed E-state index contributed by atoms with van der Waals surface area (Å²) < 4.78 is 0. The molecule has 3 N–H and O–H groups in total. The van der Waals surface area contributed by atoms with Gasteiger partial charge in [0.05, 0.1) is 0 Å². The molecule has 0 spiro atoms. The predicted molar refractivity (Wildman–Crippen MR) is 44.3 cm³/mol. The number of carboxylic acid groups (broad SMARTS) is 2. The van der Waals surface area contributed by atoms with Gasteiger partial charge in [0.25, 0.3) is 5.97 Å². The van der Waals surface area contributed by atoms with Crippen LogP contribution in [0.4, 0.5) is 0 Å². The van der Waals surface area contributed by atoms with E-state index in [2.05, 4.69) is 5.32 Å². The molecule has 0 rings (SSSR count). The first-order valence-electron chi connectivity index (χ1n) is 3.35. The second kappa shape index (κ2) is 17.4. The third kappa shape index (κ3) is 29.2. The molecule has 8 nitrogen and oxygen atoms in total. The Labute approximate surface area is 128 Å². The maximum Gasteiger partial charge on any atom is 1.00 e. The van der Waals surface area contributed by atoms with Gasteiger partial charge in [0.1, 0.15) is 0 Å². The molecule has 0 aliphatic heterocycles. The van der Waals surface area contributed by atoms with Gasteiger partial charge in [-0.3, -0.25) is 4.79 Å². The number of nitrogens with one attached hydrogen (secondary N) is 2. The Bertz CT molecular complexity index is 216. The quantitative estimate of drug-likeness (QED) is 0.517. The first kappa shape index (κ1) is 25.0. The molecule has 92 valence electrons. The maximum atomic E-state index is 10.1. The topological polar surface area (TPSA) is 156 Å². The third-order valence-electron chi connectivity index (χ3n) is 0.687. The van der Waals surface area contributed by atoms with Crippen LogP contribution < -0.4 is 34.7 Å². The van der Waals surface area contributed by atoms with E-state index in [1.807, 2.05) is 0 Å². The Morgan fingerprint density at radius 2 is 1.56 bits per heavy atom. The van der Waals surface area contributed by atoms with Gasteiger partial charge in [-0.15, -0.1) is 6.54 Å². The van der Waals surface area contributed by atoms with Crippen molar-refractivity contribution in [1.29, 1.82) is 0 Å². The molecule has 0 aliphatic carbocycles. The van der Waals surface area contributed by atoms with Crippen LogP contribution in [0.5, 0.6) is 0 Å². The van der Waals surface area contributed by atoms with Gasteiger partial charge in [0, 0.05) is 32.3 Å². The molecule has 0 unspecified atom stereocenters. The van der Waals surface area contributed by atoms with E-state index < -0.39 is 37.5 Å². The molecule has 0 aromatic rings. The van der Waals surface area contributed by atoms with Crippen molar-refractivity contribution < 1.29 is 74.6 Å². The minimum Gasteiger partial charge on any atom is -0.673 e. The van der Waals surface area contributed by atoms with Crippen LogP contribution in [0.15, 0.2) is 0 Å².